The predicted octanol–water partition coefficient (Wildman–Crippen LogP) is 5.14. The summed E-state index contributed by atoms with van der Waals surface area (Å²) in [6.45, 7) is 3.53. The number of benzene rings is 3. The number of amidine groups is 1. The van der Waals surface area contributed by atoms with Gasteiger partial charge >= 0.3 is 0 Å². The molecule has 0 radical (unpaired) electrons. The minimum absolute atomic E-state index is 0.566. The summed E-state index contributed by atoms with van der Waals surface area (Å²) in [6.07, 6.45) is 0. The fourth-order valence-corrected chi connectivity index (χ4v) is 4.05. The molecule has 1 aliphatic heterocycles. The standard InChI is InChI=1S/C22H21Cl2N3O/c1-28-20-7-6-15-4-2-3-5-19(15)21(20)22(27-10-8-25-9-11-27)26-18-13-16(23)12-17(24)14-18/h2-7,12-14,25H,8-11H2,1H3. The molecule has 0 atom stereocenters. The van der Waals surface area contributed by atoms with Gasteiger partial charge in [0, 0.05) is 36.2 Å². The number of halogens is 2. The molecule has 0 spiro atoms. The van der Waals surface area contributed by atoms with Crippen LogP contribution in [0.2, 0.25) is 10.0 Å². The number of rotatable bonds is 3. The Kier molecular flexibility index (Phi) is 5.72. The monoisotopic (exact) mass is 413 g/mol. The largest absolute Gasteiger partial charge is 0.496 e. The van der Waals surface area contributed by atoms with E-state index in [4.69, 9.17) is 32.9 Å². The summed E-state index contributed by atoms with van der Waals surface area (Å²) in [4.78, 5) is 7.29. The highest BCUT2D eigenvalue weighted by atomic mass is 35.5. The van der Waals surface area contributed by atoms with Gasteiger partial charge in [0.05, 0.1) is 18.4 Å². The molecule has 0 bridgehead atoms. The minimum Gasteiger partial charge on any atom is -0.496 e. The van der Waals surface area contributed by atoms with E-state index in [1.807, 2.05) is 30.3 Å². The second kappa shape index (κ2) is 8.39. The number of nitrogens with one attached hydrogen (secondary N) is 1. The molecule has 28 heavy (non-hydrogen) atoms. The molecule has 0 unspecified atom stereocenters. The first-order chi connectivity index (χ1) is 13.7. The highest BCUT2D eigenvalue weighted by Crippen LogP contribution is 2.32. The number of methoxy groups -OCH3 is 1. The molecule has 1 saturated heterocycles. The number of aliphatic imine (C=N–C) groups is 1. The highest BCUT2D eigenvalue weighted by Gasteiger charge is 2.22. The Morgan fingerprint density at radius 3 is 2.43 bits per heavy atom. The van der Waals surface area contributed by atoms with Crippen LogP contribution >= 0.6 is 23.2 Å². The average Bonchev–Trinajstić information content (AvgIpc) is 2.71. The van der Waals surface area contributed by atoms with Crippen LogP contribution in [-0.4, -0.2) is 44.0 Å². The molecule has 0 amide bonds. The average molecular weight is 414 g/mol. The lowest BCUT2D eigenvalue weighted by molar-refractivity contribution is 0.356. The summed E-state index contributed by atoms with van der Waals surface area (Å²) in [7, 11) is 1.69. The van der Waals surface area contributed by atoms with Gasteiger partial charge in [0.2, 0.25) is 0 Å². The Morgan fingerprint density at radius 1 is 1.00 bits per heavy atom. The van der Waals surface area contributed by atoms with Crippen molar-refractivity contribution in [2.75, 3.05) is 33.3 Å². The molecule has 1 heterocycles. The Bertz CT molecular complexity index is 1010. The third-order valence-electron chi connectivity index (χ3n) is 4.83. The van der Waals surface area contributed by atoms with Gasteiger partial charge in [0.1, 0.15) is 11.6 Å². The first-order valence-electron chi connectivity index (χ1n) is 9.22. The second-order valence-electron chi connectivity index (χ2n) is 6.66. The maximum absolute atomic E-state index is 6.22. The Labute approximate surface area is 174 Å². The van der Waals surface area contributed by atoms with E-state index < -0.39 is 0 Å². The van der Waals surface area contributed by atoms with Gasteiger partial charge in [-0.1, -0.05) is 53.5 Å². The van der Waals surface area contributed by atoms with Crippen molar-refractivity contribution in [2.45, 2.75) is 0 Å². The van der Waals surface area contributed by atoms with E-state index in [-0.39, 0.29) is 0 Å². The smallest absolute Gasteiger partial charge is 0.141 e. The van der Waals surface area contributed by atoms with E-state index in [2.05, 4.69) is 28.4 Å². The first-order valence-corrected chi connectivity index (χ1v) is 9.98. The first kappa shape index (κ1) is 19.1. The molecule has 6 heteroatoms. The van der Waals surface area contributed by atoms with Crippen molar-refractivity contribution < 1.29 is 4.74 Å². The minimum atomic E-state index is 0.566. The van der Waals surface area contributed by atoms with Crippen molar-refractivity contribution in [1.82, 2.24) is 10.2 Å². The Morgan fingerprint density at radius 2 is 1.71 bits per heavy atom. The normalized spacial score (nSPS) is 15.1. The summed E-state index contributed by atoms with van der Waals surface area (Å²) in [5.41, 5.74) is 1.71. The van der Waals surface area contributed by atoms with Crippen molar-refractivity contribution in [3.05, 3.63) is 70.2 Å². The van der Waals surface area contributed by atoms with Crippen molar-refractivity contribution in [3.8, 4) is 5.75 Å². The molecule has 3 aromatic carbocycles. The van der Waals surface area contributed by atoms with Crippen LogP contribution < -0.4 is 10.1 Å². The molecule has 4 rings (SSSR count). The molecule has 3 aromatic rings. The zero-order valence-electron chi connectivity index (χ0n) is 15.6. The third kappa shape index (κ3) is 3.95. The quantitative estimate of drug-likeness (QED) is 0.477. The van der Waals surface area contributed by atoms with Crippen molar-refractivity contribution in [1.29, 1.82) is 0 Å². The summed E-state index contributed by atoms with van der Waals surface area (Å²) in [5, 5.41) is 6.78. The van der Waals surface area contributed by atoms with E-state index in [0.29, 0.717) is 10.0 Å². The number of nitrogens with zero attached hydrogens (tertiary/aromatic N) is 2. The Hall–Kier alpha value is -2.27. The van der Waals surface area contributed by atoms with E-state index in [1.165, 1.54) is 0 Å². The Balaban J connectivity index is 1.96. The lowest BCUT2D eigenvalue weighted by Gasteiger charge is -2.31. The van der Waals surface area contributed by atoms with Crippen LogP contribution in [0, 0.1) is 0 Å². The van der Waals surface area contributed by atoms with Crippen LogP contribution in [0.3, 0.4) is 0 Å². The number of ether oxygens (including phenoxy) is 1. The molecule has 1 N–H and O–H groups in total. The molecule has 0 aliphatic carbocycles. The van der Waals surface area contributed by atoms with Gasteiger partial charge in [-0.25, -0.2) is 4.99 Å². The van der Waals surface area contributed by atoms with E-state index in [0.717, 1.165) is 59.8 Å². The van der Waals surface area contributed by atoms with E-state index >= 15 is 0 Å². The fourth-order valence-electron chi connectivity index (χ4n) is 3.54. The van der Waals surface area contributed by atoms with Crippen LogP contribution in [0.4, 0.5) is 5.69 Å². The molecule has 0 saturated carbocycles. The number of hydrogen-bond donors (Lipinski definition) is 1. The van der Waals surface area contributed by atoms with Crippen molar-refractivity contribution in [2.24, 2.45) is 4.99 Å². The van der Waals surface area contributed by atoms with Crippen LogP contribution in [0.1, 0.15) is 5.56 Å². The lowest BCUT2D eigenvalue weighted by Crippen LogP contribution is -2.46. The maximum Gasteiger partial charge on any atom is 0.141 e. The van der Waals surface area contributed by atoms with Gasteiger partial charge in [-0.15, -0.1) is 0 Å². The van der Waals surface area contributed by atoms with Gasteiger partial charge in [0.15, 0.2) is 0 Å². The molecule has 1 aliphatic rings. The topological polar surface area (TPSA) is 36.9 Å². The molecular weight excluding hydrogens is 393 g/mol. The molecular formula is C22H21Cl2N3O. The SMILES string of the molecule is COc1ccc2ccccc2c1C(=Nc1cc(Cl)cc(Cl)c1)N1CCNCC1. The number of fused-ring (bicyclic) bond motifs is 1. The highest BCUT2D eigenvalue weighted by molar-refractivity contribution is 6.35. The zero-order chi connectivity index (χ0) is 19.5. The predicted molar refractivity (Wildman–Crippen MR) is 118 cm³/mol. The van der Waals surface area contributed by atoms with E-state index in [9.17, 15) is 0 Å². The van der Waals surface area contributed by atoms with Gasteiger partial charge in [-0.05, 0) is 35.0 Å². The van der Waals surface area contributed by atoms with Crippen LogP contribution in [0.25, 0.3) is 10.8 Å². The van der Waals surface area contributed by atoms with Crippen LogP contribution in [0.15, 0.2) is 59.6 Å². The van der Waals surface area contributed by atoms with E-state index in [1.54, 1.807) is 13.2 Å². The van der Waals surface area contributed by atoms with Crippen LogP contribution in [-0.2, 0) is 0 Å². The number of piperazine rings is 1. The van der Waals surface area contributed by atoms with Gasteiger partial charge in [0.25, 0.3) is 0 Å². The zero-order valence-corrected chi connectivity index (χ0v) is 17.1. The van der Waals surface area contributed by atoms with Gasteiger partial charge < -0.3 is 15.0 Å². The third-order valence-corrected chi connectivity index (χ3v) is 5.27. The van der Waals surface area contributed by atoms with Gasteiger partial charge in [-0.3, -0.25) is 0 Å². The molecule has 0 aromatic heterocycles. The molecule has 4 nitrogen and oxygen atoms in total. The van der Waals surface area contributed by atoms with Crippen molar-refractivity contribution >= 4 is 45.5 Å². The van der Waals surface area contributed by atoms with Crippen molar-refractivity contribution in [3.63, 3.8) is 0 Å². The molecule has 1 fully saturated rings. The summed E-state index contributed by atoms with van der Waals surface area (Å²) < 4.78 is 5.74. The second-order valence-corrected chi connectivity index (χ2v) is 7.54. The summed E-state index contributed by atoms with van der Waals surface area (Å²) in [5.74, 6) is 1.66. The fraction of sp³-hybridized carbons (Fsp3) is 0.227. The summed E-state index contributed by atoms with van der Waals surface area (Å²) in [6, 6.07) is 17.7. The van der Waals surface area contributed by atoms with Crippen LogP contribution in [0.5, 0.6) is 5.75 Å². The maximum atomic E-state index is 6.22. The molecule has 144 valence electrons. The summed E-state index contributed by atoms with van der Waals surface area (Å²) >= 11 is 12.4. The lowest BCUT2D eigenvalue weighted by atomic mass is 10.0. The van der Waals surface area contributed by atoms with Gasteiger partial charge in [-0.2, -0.15) is 0 Å². The number of hydrogen-bond acceptors (Lipinski definition) is 3.